The second kappa shape index (κ2) is 5.41. The van der Waals surface area contributed by atoms with Crippen LogP contribution in [0.2, 0.25) is 0 Å². The van der Waals surface area contributed by atoms with Gasteiger partial charge in [0.1, 0.15) is 5.82 Å². The van der Waals surface area contributed by atoms with Crippen molar-refractivity contribution in [2.24, 2.45) is 0 Å². The lowest BCUT2D eigenvalue weighted by atomic mass is 10.2. The van der Waals surface area contributed by atoms with Gasteiger partial charge in [-0.05, 0) is 24.3 Å². The number of fused-ring (bicyclic) bond motifs is 3. The molecule has 0 saturated heterocycles. The Balaban J connectivity index is 2.05. The summed E-state index contributed by atoms with van der Waals surface area (Å²) in [4.78, 5) is 23.8. The van der Waals surface area contributed by atoms with E-state index in [0.29, 0.717) is 21.1 Å². The van der Waals surface area contributed by atoms with Gasteiger partial charge in [0.2, 0.25) is 5.78 Å². The first kappa shape index (κ1) is 14.8. The molecule has 0 amide bonds. The molecule has 1 N–H and O–H groups in total. The Morgan fingerprint density at radius 1 is 1.12 bits per heavy atom. The third-order valence-corrected chi connectivity index (χ3v) is 4.35. The second-order valence-electron chi connectivity index (χ2n) is 5.30. The molecule has 0 spiro atoms. The van der Waals surface area contributed by atoms with Crippen molar-refractivity contribution < 1.29 is 4.39 Å². The SMILES string of the molecule is O=c1[nH]nc2n(Cc3ccc(Br)cc3F)c3ccccc3n2c1=O. The van der Waals surface area contributed by atoms with Crippen LogP contribution in [0, 0.1) is 5.82 Å². The highest BCUT2D eigenvalue weighted by Gasteiger charge is 2.16. The van der Waals surface area contributed by atoms with Gasteiger partial charge in [-0.15, -0.1) is 5.10 Å². The summed E-state index contributed by atoms with van der Waals surface area (Å²) in [6.07, 6.45) is 0. The van der Waals surface area contributed by atoms with Gasteiger partial charge in [-0.25, -0.2) is 13.9 Å². The number of hydrogen-bond donors (Lipinski definition) is 1. The van der Waals surface area contributed by atoms with E-state index < -0.39 is 11.1 Å². The van der Waals surface area contributed by atoms with Crippen molar-refractivity contribution in [1.29, 1.82) is 0 Å². The fourth-order valence-electron chi connectivity index (χ4n) is 2.75. The van der Waals surface area contributed by atoms with E-state index in [4.69, 9.17) is 0 Å². The van der Waals surface area contributed by atoms with E-state index in [1.54, 1.807) is 34.9 Å². The molecule has 6 nitrogen and oxygen atoms in total. The Labute approximate surface area is 142 Å². The van der Waals surface area contributed by atoms with Gasteiger partial charge in [0.25, 0.3) is 0 Å². The van der Waals surface area contributed by atoms with Gasteiger partial charge < -0.3 is 4.57 Å². The Morgan fingerprint density at radius 3 is 2.62 bits per heavy atom. The van der Waals surface area contributed by atoms with Crippen LogP contribution in [0.3, 0.4) is 0 Å². The van der Waals surface area contributed by atoms with E-state index >= 15 is 0 Å². The topological polar surface area (TPSA) is 72.2 Å². The zero-order valence-corrected chi connectivity index (χ0v) is 13.7. The predicted octanol–water partition coefficient (Wildman–Crippen LogP) is 2.29. The summed E-state index contributed by atoms with van der Waals surface area (Å²) in [5, 5.41) is 6.17. The monoisotopic (exact) mass is 388 g/mol. The van der Waals surface area contributed by atoms with Gasteiger partial charge in [-0.2, -0.15) is 0 Å². The molecule has 24 heavy (non-hydrogen) atoms. The van der Waals surface area contributed by atoms with Gasteiger partial charge in [-0.3, -0.25) is 9.59 Å². The van der Waals surface area contributed by atoms with Crippen LogP contribution in [0.1, 0.15) is 5.56 Å². The molecule has 0 saturated carbocycles. The summed E-state index contributed by atoms with van der Waals surface area (Å²) in [6.45, 7) is 0.175. The van der Waals surface area contributed by atoms with Crippen molar-refractivity contribution in [3.63, 3.8) is 0 Å². The van der Waals surface area contributed by atoms with Gasteiger partial charge >= 0.3 is 11.1 Å². The van der Waals surface area contributed by atoms with Crippen molar-refractivity contribution >= 4 is 32.7 Å². The number of nitrogens with zero attached hydrogens (tertiary/aromatic N) is 3. The van der Waals surface area contributed by atoms with Gasteiger partial charge in [-0.1, -0.05) is 34.1 Å². The summed E-state index contributed by atoms with van der Waals surface area (Å²) in [5.74, 6) is -0.116. The minimum atomic E-state index is -0.801. The largest absolute Gasteiger partial charge is 0.330 e. The highest BCUT2D eigenvalue weighted by atomic mass is 79.9. The molecule has 8 heteroatoms. The van der Waals surface area contributed by atoms with E-state index in [2.05, 4.69) is 26.1 Å². The zero-order valence-electron chi connectivity index (χ0n) is 12.2. The Bertz CT molecular complexity index is 1210. The molecule has 0 radical (unpaired) electrons. The molecule has 0 fully saturated rings. The van der Waals surface area contributed by atoms with E-state index in [9.17, 15) is 14.0 Å². The van der Waals surface area contributed by atoms with Crippen molar-refractivity contribution in [2.45, 2.75) is 6.54 Å². The van der Waals surface area contributed by atoms with Crippen molar-refractivity contribution in [2.75, 3.05) is 0 Å². The summed E-state index contributed by atoms with van der Waals surface area (Å²) < 4.78 is 17.8. The van der Waals surface area contributed by atoms with Crippen LogP contribution in [0.5, 0.6) is 0 Å². The number of benzene rings is 2. The van der Waals surface area contributed by atoms with Crippen molar-refractivity contribution in [3.05, 3.63) is 79.0 Å². The Hall–Kier alpha value is -2.74. The minimum Gasteiger partial charge on any atom is -0.304 e. The molecular formula is C16H10BrFN4O2. The number of halogens is 2. The normalized spacial score (nSPS) is 11.4. The second-order valence-corrected chi connectivity index (χ2v) is 6.22. The van der Waals surface area contributed by atoms with Crippen LogP contribution >= 0.6 is 15.9 Å². The fraction of sp³-hybridized carbons (Fsp3) is 0.0625. The number of para-hydroxylation sites is 2. The first-order chi connectivity index (χ1) is 11.6. The molecule has 2 aromatic heterocycles. The standard InChI is InChI=1S/C16H10BrFN4O2/c17-10-6-5-9(11(18)7-10)8-21-12-3-1-2-4-13(12)22-15(24)14(23)19-20-16(21)22/h1-7H,8H2,(H,19,23). The highest BCUT2D eigenvalue weighted by molar-refractivity contribution is 9.10. The van der Waals surface area contributed by atoms with Crippen LogP contribution in [-0.2, 0) is 6.54 Å². The van der Waals surface area contributed by atoms with Crippen LogP contribution < -0.4 is 11.1 Å². The maximum atomic E-state index is 14.2. The number of H-pyrrole nitrogens is 1. The van der Waals surface area contributed by atoms with E-state index in [-0.39, 0.29) is 18.1 Å². The Kier molecular flexibility index (Phi) is 3.34. The van der Waals surface area contributed by atoms with Crippen molar-refractivity contribution in [3.8, 4) is 0 Å². The number of aromatic nitrogens is 4. The molecule has 2 heterocycles. The smallest absolute Gasteiger partial charge is 0.304 e. The molecule has 0 bridgehead atoms. The molecule has 0 atom stereocenters. The molecule has 120 valence electrons. The number of aromatic amines is 1. The lowest BCUT2D eigenvalue weighted by Crippen LogP contribution is -2.33. The van der Waals surface area contributed by atoms with E-state index in [1.807, 2.05) is 6.07 Å². The van der Waals surface area contributed by atoms with Crippen LogP contribution in [0.15, 0.2) is 56.5 Å². The van der Waals surface area contributed by atoms with E-state index in [0.717, 1.165) is 0 Å². The van der Waals surface area contributed by atoms with Crippen LogP contribution in [-0.4, -0.2) is 19.2 Å². The first-order valence-electron chi connectivity index (χ1n) is 7.09. The molecule has 2 aromatic carbocycles. The summed E-state index contributed by atoms with van der Waals surface area (Å²) in [6, 6.07) is 11.9. The molecule has 4 rings (SSSR count). The number of rotatable bonds is 2. The lowest BCUT2D eigenvalue weighted by molar-refractivity contribution is 0.601. The molecule has 0 aliphatic rings. The van der Waals surface area contributed by atoms with Crippen LogP contribution in [0.25, 0.3) is 16.8 Å². The third kappa shape index (κ3) is 2.18. The quantitative estimate of drug-likeness (QED) is 0.535. The number of imidazole rings is 1. The summed E-state index contributed by atoms with van der Waals surface area (Å²) >= 11 is 3.23. The lowest BCUT2D eigenvalue weighted by Gasteiger charge is -2.07. The van der Waals surface area contributed by atoms with Crippen LogP contribution in [0.4, 0.5) is 4.39 Å². The molecule has 0 aliphatic carbocycles. The maximum absolute atomic E-state index is 14.2. The number of hydrogen-bond acceptors (Lipinski definition) is 3. The minimum absolute atomic E-state index is 0.175. The fourth-order valence-corrected chi connectivity index (χ4v) is 3.09. The maximum Gasteiger partial charge on any atom is 0.330 e. The third-order valence-electron chi connectivity index (χ3n) is 3.85. The summed E-state index contributed by atoms with van der Waals surface area (Å²) in [5.41, 5.74) is 0.162. The molecule has 4 aromatic rings. The average Bonchev–Trinajstić information content (AvgIpc) is 2.88. The number of nitrogens with one attached hydrogen (secondary N) is 1. The molecule has 0 unspecified atom stereocenters. The molecular weight excluding hydrogens is 379 g/mol. The first-order valence-corrected chi connectivity index (χ1v) is 7.88. The van der Waals surface area contributed by atoms with Gasteiger partial charge in [0.05, 0.1) is 17.6 Å². The van der Waals surface area contributed by atoms with Gasteiger partial charge in [0.15, 0.2) is 0 Å². The zero-order chi connectivity index (χ0) is 16.8. The predicted molar refractivity (Wildman–Crippen MR) is 90.8 cm³/mol. The van der Waals surface area contributed by atoms with Crippen molar-refractivity contribution in [1.82, 2.24) is 19.2 Å². The Morgan fingerprint density at radius 2 is 1.88 bits per heavy atom. The van der Waals surface area contributed by atoms with Gasteiger partial charge in [0, 0.05) is 10.0 Å². The molecule has 0 aliphatic heterocycles. The van der Waals surface area contributed by atoms with E-state index in [1.165, 1.54) is 10.5 Å². The average molecular weight is 389 g/mol. The highest BCUT2D eigenvalue weighted by Crippen LogP contribution is 2.21. The summed E-state index contributed by atoms with van der Waals surface area (Å²) in [7, 11) is 0.